The summed E-state index contributed by atoms with van der Waals surface area (Å²) in [6.07, 6.45) is 6.89. The van der Waals surface area contributed by atoms with Gasteiger partial charge < -0.3 is 0 Å². The summed E-state index contributed by atoms with van der Waals surface area (Å²) in [5.41, 5.74) is 4.21. The van der Waals surface area contributed by atoms with Gasteiger partial charge in [0.05, 0.1) is 0 Å². The summed E-state index contributed by atoms with van der Waals surface area (Å²) in [5.74, 6) is -4.83. The highest BCUT2D eigenvalue weighted by Gasteiger charge is 2.17. The van der Waals surface area contributed by atoms with Gasteiger partial charge in [-0.3, -0.25) is 0 Å². The topological polar surface area (TPSA) is 0 Å². The van der Waals surface area contributed by atoms with Crippen LogP contribution in [0.25, 0.3) is 16.7 Å². The van der Waals surface area contributed by atoms with Crippen molar-refractivity contribution in [2.24, 2.45) is 0 Å². The van der Waals surface area contributed by atoms with Crippen LogP contribution >= 0.6 is 0 Å². The monoisotopic (exact) mass is 394 g/mol. The fourth-order valence-electron chi connectivity index (χ4n) is 3.53. The van der Waals surface area contributed by atoms with E-state index in [2.05, 4.69) is 30.3 Å². The van der Waals surface area contributed by atoms with Gasteiger partial charge in [0, 0.05) is 11.5 Å². The lowest BCUT2D eigenvalue weighted by molar-refractivity contribution is 0.447. The van der Waals surface area contributed by atoms with Gasteiger partial charge in [0.25, 0.3) is 0 Å². The molecule has 0 aliphatic heterocycles. The van der Waals surface area contributed by atoms with E-state index in [1.807, 2.05) is 19.1 Å². The van der Waals surface area contributed by atoms with Crippen molar-refractivity contribution in [3.05, 3.63) is 113 Å². The smallest absolute Gasteiger partial charge is 0.194 e. The summed E-state index contributed by atoms with van der Waals surface area (Å²) in [4.78, 5) is 0. The Bertz CT molecular complexity index is 1100. The molecular formula is C25H18F4. The van der Waals surface area contributed by atoms with Crippen LogP contribution in [0, 0.1) is 30.2 Å². The van der Waals surface area contributed by atoms with Crippen LogP contribution in [-0.4, -0.2) is 0 Å². The van der Waals surface area contributed by atoms with Crippen LogP contribution in [0.1, 0.15) is 29.0 Å². The molecule has 29 heavy (non-hydrogen) atoms. The van der Waals surface area contributed by atoms with Crippen LogP contribution in [0.2, 0.25) is 0 Å². The molecule has 0 nitrogen and oxygen atoms in total. The molecule has 3 aromatic rings. The van der Waals surface area contributed by atoms with E-state index in [4.69, 9.17) is 0 Å². The minimum Gasteiger partial charge on any atom is -0.206 e. The molecule has 4 rings (SSSR count). The van der Waals surface area contributed by atoms with Gasteiger partial charge in [0.1, 0.15) is 5.82 Å². The zero-order valence-corrected chi connectivity index (χ0v) is 15.7. The molecule has 3 aromatic carbocycles. The molecule has 0 heterocycles. The van der Waals surface area contributed by atoms with Gasteiger partial charge in [-0.2, -0.15) is 0 Å². The maximum absolute atomic E-state index is 14.7. The molecular weight excluding hydrogens is 376 g/mol. The van der Waals surface area contributed by atoms with Gasteiger partial charge in [0.15, 0.2) is 17.5 Å². The molecule has 1 aliphatic carbocycles. The third-order valence-electron chi connectivity index (χ3n) is 5.20. The van der Waals surface area contributed by atoms with Crippen LogP contribution in [-0.2, 0) is 0 Å². The van der Waals surface area contributed by atoms with E-state index in [9.17, 15) is 17.6 Å². The lowest BCUT2D eigenvalue weighted by Gasteiger charge is -2.18. The van der Waals surface area contributed by atoms with Crippen molar-refractivity contribution in [1.29, 1.82) is 0 Å². The quantitative estimate of drug-likeness (QED) is 0.322. The van der Waals surface area contributed by atoms with E-state index < -0.39 is 23.3 Å². The lowest BCUT2D eigenvalue weighted by Crippen LogP contribution is -2.00. The van der Waals surface area contributed by atoms with E-state index in [1.165, 1.54) is 17.7 Å². The number of rotatable bonds is 3. The normalized spacial score (nSPS) is 16.0. The van der Waals surface area contributed by atoms with Crippen LogP contribution in [0.3, 0.4) is 0 Å². The number of halogens is 4. The molecule has 1 unspecified atom stereocenters. The fourth-order valence-corrected chi connectivity index (χ4v) is 3.53. The number of allylic oxidation sites excluding steroid dienone is 4. The summed E-state index contributed by atoms with van der Waals surface area (Å²) in [6.45, 7) is 2.04. The molecule has 0 N–H and O–H groups in total. The molecule has 0 spiro atoms. The Morgan fingerprint density at radius 2 is 1.45 bits per heavy atom. The maximum Gasteiger partial charge on any atom is 0.194 e. The van der Waals surface area contributed by atoms with Crippen LogP contribution < -0.4 is 0 Å². The third-order valence-corrected chi connectivity index (χ3v) is 5.20. The van der Waals surface area contributed by atoms with Crippen molar-refractivity contribution in [2.45, 2.75) is 19.3 Å². The number of hydrogen-bond donors (Lipinski definition) is 0. The van der Waals surface area contributed by atoms with E-state index in [1.54, 1.807) is 6.07 Å². The molecule has 0 radical (unpaired) electrons. The van der Waals surface area contributed by atoms with Crippen molar-refractivity contribution in [1.82, 2.24) is 0 Å². The predicted molar refractivity (Wildman–Crippen MR) is 107 cm³/mol. The minimum absolute atomic E-state index is 0.00874. The van der Waals surface area contributed by atoms with Crippen molar-refractivity contribution >= 4 is 5.57 Å². The van der Waals surface area contributed by atoms with Gasteiger partial charge >= 0.3 is 0 Å². The van der Waals surface area contributed by atoms with Crippen molar-refractivity contribution < 1.29 is 17.6 Å². The molecule has 0 aromatic heterocycles. The summed E-state index contributed by atoms with van der Waals surface area (Å²) in [7, 11) is 0. The third kappa shape index (κ3) is 3.88. The van der Waals surface area contributed by atoms with Crippen LogP contribution in [0.5, 0.6) is 0 Å². The van der Waals surface area contributed by atoms with Gasteiger partial charge in [-0.1, -0.05) is 60.2 Å². The Morgan fingerprint density at radius 1 is 0.759 bits per heavy atom. The van der Waals surface area contributed by atoms with Crippen LogP contribution in [0.4, 0.5) is 17.6 Å². The molecule has 4 heteroatoms. The zero-order valence-electron chi connectivity index (χ0n) is 15.7. The van der Waals surface area contributed by atoms with Gasteiger partial charge in [-0.15, -0.1) is 0 Å². The predicted octanol–water partition coefficient (Wildman–Crippen LogP) is 7.35. The summed E-state index contributed by atoms with van der Waals surface area (Å²) in [5, 5.41) is 0. The maximum atomic E-state index is 14.7. The first-order valence-electron chi connectivity index (χ1n) is 9.32. The standard InChI is InChI=1S/C25H18F4/c1-15-2-4-16(5-3-15)17-6-8-18(9-7-17)19-10-11-21(22(26)12-19)20-13-23(27)25(29)24(28)14-20/h2-8,10-14,18H,9H2,1H3. The van der Waals surface area contributed by atoms with Gasteiger partial charge in [-0.05, 0) is 53.8 Å². The van der Waals surface area contributed by atoms with E-state index >= 15 is 0 Å². The zero-order chi connectivity index (χ0) is 20.5. The number of benzene rings is 3. The largest absolute Gasteiger partial charge is 0.206 e. The minimum atomic E-state index is -1.56. The van der Waals surface area contributed by atoms with Crippen LogP contribution in [0.15, 0.2) is 72.8 Å². The summed E-state index contributed by atoms with van der Waals surface area (Å²) >= 11 is 0. The SMILES string of the molecule is Cc1ccc(C2=CCC(c3ccc(-c4cc(F)c(F)c(F)c4)c(F)c3)C=C2)cc1. The highest BCUT2D eigenvalue weighted by Crippen LogP contribution is 2.33. The van der Waals surface area contributed by atoms with Gasteiger partial charge in [0.2, 0.25) is 0 Å². The molecule has 0 fully saturated rings. The second-order valence-electron chi connectivity index (χ2n) is 7.22. The Kier molecular flexibility index (Phi) is 5.10. The molecule has 0 amide bonds. The fraction of sp³-hybridized carbons (Fsp3) is 0.120. The Morgan fingerprint density at radius 3 is 2.03 bits per heavy atom. The van der Waals surface area contributed by atoms with Crippen molar-refractivity contribution in [2.75, 3.05) is 0 Å². The van der Waals surface area contributed by atoms with E-state index in [0.717, 1.165) is 35.3 Å². The van der Waals surface area contributed by atoms with Gasteiger partial charge in [-0.25, -0.2) is 17.6 Å². The lowest BCUT2D eigenvalue weighted by atomic mass is 9.87. The Balaban J connectivity index is 1.56. The molecule has 1 aliphatic rings. The van der Waals surface area contributed by atoms with Crippen molar-refractivity contribution in [3.8, 4) is 11.1 Å². The van der Waals surface area contributed by atoms with E-state index in [0.29, 0.717) is 0 Å². The first kappa shape index (κ1) is 19.2. The number of aryl methyl sites for hydroxylation is 1. The molecule has 0 bridgehead atoms. The Hall–Kier alpha value is -3.14. The molecule has 0 saturated carbocycles. The van der Waals surface area contributed by atoms with Crippen molar-refractivity contribution in [3.63, 3.8) is 0 Å². The average molecular weight is 394 g/mol. The second-order valence-corrected chi connectivity index (χ2v) is 7.22. The molecule has 1 atom stereocenters. The van der Waals surface area contributed by atoms with E-state index in [-0.39, 0.29) is 17.0 Å². The average Bonchev–Trinajstić information content (AvgIpc) is 2.72. The molecule has 146 valence electrons. The first-order valence-corrected chi connectivity index (χ1v) is 9.32. The summed E-state index contributed by atoms with van der Waals surface area (Å²) < 4.78 is 54.8. The number of hydrogen-bond acceptors (Lipinski definition) is 0. The summed E-state index contributed by atoms with van der Waals surface area (Å²) in [6, 6.07) is 14.4. The second kappa shape index (κ2) is 7.70. The highest BCUT2D eigenvalue weighted by atomic mass is 19.2. The highest BCUT2D eigenvalue weighted by molar-refractivity contribution is 5.75. The Labute approximate surface area is 166 Å². The first-order chi connectivity index (χ1) is 13.9. The molecule has 0 saturated heterocycles.